The van der Waals surface area contributed by atoms with Crippen LogP contribution in [0.15, 0.2) is 30.5 Å². The van der Waals surface area contributed by atoms with Crippen LogP contribution in [0, 0.1) is 5.82 Å². The molecule has 0 radical (unpaired) electrons. The smallest absolute Gasteiger partial charge is 0.269 e. The first kappa shape index (κ1) is 14.2. The zero-order valence-corrected chi connectivity index (χ0v) is 11.3. The van der Waals surface area contributed by atoms with Crippen molar-refractivity contribution < 1.29 is 9.18 Å². The molecule has 0 aliphatic heterocycles. The number of amides is 1. The zero-order chi connectivity index (χ0) is 14.5. The first-order chi connectivity index (χ1) is 9.61. The van der Waals surface area contributed by atoms with Gasteiger partial charge >= 0.3 is 0 Å². The first-order valence-electron chi connectivity index (χ1n) is 6.47. The van der Waals surface area contributed by atoms with E-state index in [1.54, 1.807) is 6.07 Å². The van der Waals surface area contributed by atoms with E-state index in [2.05, 4.69) is 17.3 Å². The van der Waals surface area contributed by atoms with E-state index in [-0.39, 0.29) is 17.2 Å². The normalized spacial score (nSPS) is 10.7. The Kier molecular flexibility index (Phi) is 4.47. The Bertz CT molecular complexity index is 609. The third-order valence-electron chi connectivity index (χ3n) is 2.86. The van der Waals surface area contributed by atoms with Crippen molar-refractivity contribution in [2.75, 3.05) is 6.54 Å². The monoisotopic (exact) mass is 276 g/mol. The number of aromatic nitrogens is 2. The number of carbonyl (C=O) groups is 1. The van der Waals surface area contributed by atoms with E-state index in [0.717, 1.165) is 18.5 Å². The van der Waals surface area contributed by atoms with Crippen LogP contribution in [0.2, 0.25) is 0 Å². The van der Waals surface area contributed by atoms with Crippen molar-refractivity contribution in [3.8, 4) is 5.69 Å². The van der Waals surface area contributed by atoms with Crippen LogP contribution < -0.4 is 11.1 Å². The summed E-state index contributed by atoms with van der Waals surface area (Å²) in [5.41, 5.74) is 6.38. The fourth-order valence-corrected chi connectivity index (χ4v) is 1.85. The second kappa shape index (κ2) is 6.29. The molecule has 0 aliphatic carbocycles. The van der Waals surface area contributed by atoms with Gasteiger partial charge in [-0.1, -0.05) is 13.0 Å². The Labute approximate surface area is 116 Å². The summed E-state index contributed by atoms with van der Waals surface area (Å²) in [6.45, 7) is 3.59. The molecule has 0 saturated carbocycles. The van der Waals surface area contributed by atoms with Crippen molar-refractivity contribution in [3.05, 3.63) is 47.5 Å². The van der Waals surface area contributed by atoms with Crippen molar-refractivity contribution in [1.82, 2.24) is 15.1 Å². The molecular weight excluding hydrogens is 259 g/mol. The summed E-state index contributed by atoms with van der Waals surface area (Å²) >= 11 is 0. The number of hydrogen-bond acceptors (Lipinski definition) is 3. The summed E-state index contributed by atoms with van der Waals surface area (Å²) in [6, 6.07) is 6.38. The predicted molar refractivity (Wildman–Crippen MR) is 74.0 cm³/mol. The van der Waals surface area contributed by atoms with Crippen LogP contribution in [0.4, 0.5) is 4.39 Å². The average molecular weight is 276 g/mol. The first-order valence-corrected chi connectivity index (χ1v) is 6.47. The fourth-order valence-electron chi connectivity index (χ4n) is 1.85. The molecule has 0 saturated heterocycles. The molecule has 0 unspecified atom stereocenters. The number of carbonyl (C=O) groups excluding carboxylic acids is 1. The van der Waals surface area contributed by atoms with Crippen molar-refractivity contribution in [2.45, 2.75) is 19.9 Å². The number of rotatable bonds is 6. The lowest BCUT2D eigenvalue weighted by Crippen LogP contribution is -2.14. The van der Waals surface area contributed by atoms with Crippen molar-refractivity contribution >= 4 is 5.91 Å². The maximum absolute atomic E-state index is 14.1. The molecule has 0 aliphatic rings. The molecule has 20 heavy (non-hydrogen) atoms. The zero-order valence-electron chi connectivity index (χ0n) is 11.3. The third-order valence-corrected chi connectivity index (χ3v) is 2.86. The molecule has 2 rings (SSSR count). The highest BCUT2D eigenvalue weighted by molar-refractivity contribution is 5.90. The molecule has 0 atom stereocenters. The highest BCUT2D eigenvalue weighted by Crippen LogP contribution is 2.15. The molecule has 5 nitrogen and oxygen atoms in total. The summed E-state index contributed by atoms with van der Waals surface area (Å²) in [6.07, 6.45) is 2.54. The molecule has 1 amide bonds. The van der Waals surface area contributed by atoms with Gasteiger partial charge < -0.3 is 11.1 Å². The van der Waals surface area contributed by atoms with Gasteiger partial charge in [-0.15, -0.1) is 0 Å². The van der Waals surface area contributed by atoms with Crippen LogP contribution in [0.25, 0.3) is 5.69 Å². The van der Waals surface area contributed by atoms with E-state index in [0.29, 0.717) is 6.54 Å². The molecule has 3 N–H and O–H groups in total. The summed E-state index contributed by atoms with van der Waals surface area (Å²) in [4.78, 5) is 11.0. The van der Waals surface area contributed by atoms with Gasteiger partial charge in [0.1, 0.15) is 17.2 Å². The van der Waals surface area contributed by atoms with Crippen LogP contribution in [0.1, 0.15) is 29.4 Å². The standard InChI is InChI=1S/C14H17FN4O/c1-2-6-17-9-10-3-4-13(11(15)8-10)19-7-5-12(18-19)14(16)20/h3-5,7-8,17H,2,6,9H2,1H3,(H2,16,20). The Hall–Kier alpha value is -2.21. The summed E-state index contributed by atoms with van der Waals surface area (Å²) in [5.74, 6) is -1.02. The molecule has 0 spiro atoms. The van der Waals surface area contributed by atoms with E-state index in [9.17, 15) is 9.18 Å². The molecule has 2 aromatic rings. The van der Waals surface area contributed by atoms with E-state index in [1.807, 2.05) is 6.07 Å². The number of nitrogens with two attached hydrogens (primary N) is 1. The SMILES string of the molecule is CCCNCc1ccc(-n2ccc(C(N)=O)n2)c(F)c1. The van der Waals surface area contributed by atoms with Gasteiger partial charge in [-0.05, 0) is 36.7 Å². The lowest BCUT2D eigenvalue weighted by molar-refractivity contribution is 0.0995. The maximum atomic E-state index is 14.1. The van der Waals surface area contributed by atoms with Crippen molar-refractivity contribution in [3.63, 3.8) is 0 Å². The Balaban J connectivity index is 2.18. The minimum absolute atomic E-state index is 0.109. The van der Waals surface area contributed by atoms with E-state index < -0.39 is 5.91 Å². The maximum Gasteiger partial charge on any atom is 0.269 e. The fraction of sp³-hybridized carbons (Fsp3) is 0.286. The van der Waals surface area contributed by atoms with E-state index >= 15 is 0 Å². The number of nitrogens with one attached hydrogen (secondary N) is 1. The third kappa shape index (κ3) is 3.21. The highest BCUT2D eigenvalue weighted by atomic mass is 19.1. The number of benzene rings is 1. The van der Waals surface area contributed by atoms with Gasteiger partial charge in [0.05, 0.1) is 0 Å². The molecule has 1 aromatic heterocycles. The van der Waals surface area contributed by atoms with Gasteiger partial charge in [0.2, 0.25) is 0 Å². The minimum Gasteiger partial charge on any atom is -0.364 e. The number of primary amides is 1. The lowest BCUT2D eigenvalue weighted by atomic mass is 10.2. The molecule has 106 valence electrons. The summed E-state index contributed by atoms with van der Waals surface area (Å²) in [5, 5.41) is 7.14. The van der Waals surface area contributed by atoms with Crippen LogP contribution >= 0.6 is 0 Å². The lowest BCUT2D eigenvalue weighted by Gasteiger charge is -2.07. The number of hydrogen-bond donors (Lipinski definition) is 2. The Morgan fingerprint density at radius 3 is 2.85 bits per heavy atom. The van der Waals surface area contributed by atoms with Crippen LogP contribution in [-0.2, 0) is 6.54 Å². The summed E-state index contributed by atoms with van der Waals surface area (Å²) < 4.78 is 15.4. The average Bonchev–Trinajstić information content (AvgIpc) is 2.89. The molecule has 0 fully saturated rings. The summed E-state index contributed by atoms with van der Waals surface area (Å²) in [7, 11) is 0. The quantitative estimate of drug-likeness (QED) is 0.787. The Morgan fingerprint density at radius 2 is 2.25 bits per heavy atom. The van der Waals surface area contributed by atoms with Crippen LogP contribution in [0.5, 0.6) is 0 Å². The number of nitrogens with zero attached hydrogens (tertiary/aromatic N) is 2. The van der Waals surface area contributed by atoms with Crippen molar-refractivity contribution in [2.24, 2.45) is 5.73 Å². The highest BCUT2D eigenvalue weighted by Gasteiger charge is 2.10. The van der Waals surface area contributed by atoms with Gasteiger partial charge in [-0.2, -0.15) is 5.10 Å². The predicted octanol–water partition coefficient (Wildman–Crippen LogP) is 1.61. The minimum atomic E-state index is -0.635. The topological polar surface area (TPSA) is 72.9 Å². The second-order valence-corrected chi connectivity index (χ2v) is 4.47. The van der Waals surface area contributed by atoms with Gasteiger partial charge in [0, 0.05) is 12.7 Å². The molecule has 1 heterocycles. The van der Waals surface area contributed by atoms with E-state index in [4.69, 9.17) is 5.73 Å². The Morgan fingerprint density at radius 1 is 1.45 bits per heavy atom. The van der Waals surface area contributed by atoms with E-state index in [1.165, 1.54) is 23.0 Å². The van der Waals surface area contributed by atoms with Gasteiger partial charge in [0.15, 0.2) is 0 Å². The van der Waals surface area contributed by atoms with Gasteiger partial charge in [0.25, 0.3) is 5.91 Å². The molecule has 0 bridgehead atoms. The van der Waals surface area contributed by atoms with Gasteiger partial charge in [-0.3, -0.25) is 4.79 Å². The van der Waals surface area contributed by atoms with Crippen molar-refractivity contribution in [1.29, 1.82) is 0 Å². The molecular formula is C14H17FN4O. The second-order valence-electron chi connectivity index (χ2n) is 4.47. The van der Waals surface area contributed by atoms with Crippen LogP contribution in [0.3, 0.4) is 0 Å². The molecule has 6 heteroatoms. The van der Waals surface area contributed by atoms with Crippen LogP contribution in [-0.4, -0.2) is 22.2 Å². The molecule has 1 aromatic carbocycles. The largest absolute Gasteiger partial charge is 0.364 e. The van der Waals surface area contributed by atoms with Gasteiger partial charge in [-0.25, -0.2) is 9.07 Å². The number of halogens is 1.